The van der Waals surface area contributed by atoms with Crippen molar-refractivity contribution in [2.45, 2.75) is 259 Å². The maximum absolute atomic E-state index is 5.86. The van der Waals surface area contributed by atoms with Crippen LogP contribution in [0.4, 0.5) is 0 Å². The lowest BCUT2D eigenvalue weighted by molar-refractivity contribution is 0.575. The smallest absolute Gasteiger partial charge is 0.166 e. The van der Waals surface area contributed by atoms with E-state index in [-0.39, 0.29) is 0 Å². The Morgan fingerprint density at radius 1 is 0.287 bits per heavy atom. The average molecular weight is 1080 g/mol. The Bertz CT molecular complexity index is 3220. The van der Waals surface area contributed by atoms with Crippen molar-refractivity contribution in [1.82, 2.24) is 49.8 Å². The van der Waals surface area contributed by atoms with Gasteiger partial charge in [-0.3, -0.25) is 9.97 Å². The van der Waals surface area contributed by atoms with Crippen LogP contribution in [0.15, 0.2) is 61.2 Å². The van der Waals surface area contributed by atoms with Crippen molar-refractivity contribution < 1.29 is 0 Å². The van der Waals surface area contributed by atoms with E-state index in [1.807, 2.05) is 36.9 Å². The molecule has 7 aromatic rings. The molecule has 10 heteroatoms. The minimum Gasteiger partial charge on any atom is -0.324 e. The second-order valence-electron chi connectivity index (χ2n) is 23.6. The molecule has 0 atom stereocenters. The molecule has 5 aromatic heterocycles. The highest BCUT2D eigenvalue weighted by atomic mass is 15.1. The zero-order valence-corrected chi connectivity index (χ0v) is 49.8. The van der Waals surface area contributed by atoms with Gasteiger partial charge < -0.3 is 9.97 Å². The number of hydrogen-bond acceptors (Lipinski definition) is 8. The Kier molecular flexibility index (Phi) is 23.0. The van der Waals surface area contributed by atoms with Gasteiger partial charge in [-0.2, -0.15) is 0 Å². The van der Waals surface area contributed by atoms with Crippen LogP contribution in [0.25, 0.3) is 89.7 Å². The standard InChI is InChI=1S/C70H96N10/c1-5-9-13-17-21-25-29-33-37-51-41-43-53(39-35-31-27-23-19-15-11-7-3)61-59(51)67-76-64-56-46-48-71-49-57(56)65(75-64)73-63-55-45-47-72-50-58(55)66(74-63)77-68-60-52(38-34-30-26-22-18-14-10-6-2)42-44-54(40-36-32-28-24-20-16-12-8-4)62(60)70(79-68)80-69(61)78-67/h41-50H,5-40H2,1-4H3,(H2,73,74,75,76,77,78,79,80). The lowest BCUT2D eigenvalue weighted by atomic mass is 9.91. The molecule has 80 heavy (non-hydrogen) atoms. The minimum absolute atomic E-state index is 0.583. The normalized spacial score (nSPS) is 12.1. The number of fused-ring (bicyclic) bond motifs is 20. The van der Waals surface area contributed by atoms with Gasteiger partial charge >= 0.3 is 0 Å². The minimum atomic E-state index is 0.583. The van der Waals surface area contributed by atoms with Gasteiger partial charge in [0.2, 0.25) is 0 Å². The van der Waals surface area contributed by atoms with E-state index < -0.39 is 0 Å². The number of hydrogen-bond donors (Lipinski definition) is 2. The number of benzene rings is 2. The van der Waals surface area contributed by atoms with E-state index in [2.05, 4.69) is 71.9 Å². The number of H-pyrrole nitrogens is 2. The summed E-state index contributed by atoms with van der Waals surface area (Å²) in [6.07, 6.45) is 52.3. The molecule has 0 radical (unpaired) electrons. The maximum atomic E-state index is 5.86. The molecule has 426 valence electrons. The van der Waals surface area contributed by atoms with Crippen LogP contribution in [-0.2, 0) is 25.7 Å². The van der Waals surface area contributed by atoms with Crippen molar-refractivity contribution in [3.63, 3.8) is 0 Å². The summed E-state index contributed by atoms with van der Waals surface area (Å²) in [7, 11) is 0. The summed E-state index contributed by atoms with van der Waals surface area (Å²) in [5.74, 6) is 2.63. The number of unbranched alkanes of at least 4 members (excludes halogenated alkanes) is 28. The number of rotatable bonds is 36. The van der Waals surface area contributed by atoms with Gasteiger partial charge in [0.1, 0.15) is 22.6 Å². The predicted molar refractivity (Wildman–Crippen MR) is 337 cm³/mol. The van der Waals surface area contributed by atoms with Crippen molar-refractivity contribution in [2.24, 2.45) is 0 Å². The highest BCUT2D eigenvalue weighted by Crippen LogP contribution is 2.42. The van der Waals surface area contributed by atoms with Crippen LogP contribution in [0.5, 0.6) is 0 Å². The topological polar surface area (TPSA) is 135 Å². The molecule has 0 saturated heterocycles. The Hall–Kier alpha value is -5.90. The van der Waals surface area contributed by atoms with Gasteiger partial charge in [-0.25, -0.2) is 29.9 Å². The van der Waals surface area contributed by atoms with Gasteiger partial charge in [-0.1, -0.05) is 232 Å². The third-order valence-electron chi connectivity index (χ3n) is 17.3. The van der Waals surface area contributed by atoms with Crippen molar-refractivity contribution in [3.8, 4) is 45.6 Å². The van der Waals surface area contributed by atoms with Gasteiger partial charge in [-0.15, -0.1) is 0 Å². The first-order chi connectivity index (χ1) is 39.6. The highest BCUT2D eigenvalue weighted by Gasteiger charge is 2.28. The van der Waals surface area contributed by atoms with Gasteiger partial charge in [0.15, 0.2) is 23.3 Å². The van der Waals surface area contributed by atoms with Crippen LogP contribution in [0.3, 0.4) is 0 Å². The van der Waals surface area contributed by atoms with Crippen LogP contribution < -0.4 is 0 Å². The van der Waals surface area contributed by atoms with Crippen molar-refractivity contribution in [3.05, 3.63) is 83.4 Å². The van der Waals surface area contributed by atoms with Crippen molar-refractivity contribution in [2.75, 3.05) is 0 Å². The molecule has 0 unspecified atom stereocenters. The monoisotopic (exact) mass is 1080 g/mol. The quantitative estimate of drug-likeness (QED) is 0.0371. The molecule has 2 aliphatic heterocycles. The van der Waals surface area contributed by atoms with E-state index in [1.54, 1.807) is 0 Å². The van der Waals surface area contributed by atoms with E-state index >= 15 is 0 Å². The molecule has 9 rings (SSSR count). The maximum Gasteiger partial charge on any atom is 0.166 e. The zero-order valence-electron chi connectivity index (χ0n) is 49.8. The Labute approximate surface area is 479 Å². The lowest BCUT2D eigenvalue weighted by Crippen LogP contribution is -1.98. The van der Waals surface area contributed by atoms with Gasteiger partial charge in [0.25, 0.3) is 0 Å². The molecule has 0 fully saturated rings. The van der Waals surface area contributed by atoms with Crippen LogP contribution >= 0.6 is 0 Å². The zero-order chi connectivity index (χ0) is 55.1. The average Bonchev–Trinajstić information content (AvgIpc) is 4.27. The molecular weight excluding hydrogens is 981 g/mol. The largest absolute Gasteiger partial charge is 0.324 e. The summed E-state index contributed by atoms with van der Waals surface area (Å²) in [5.41, 5.74) is 12.3. The third kappa shape index (κ3) is 15.3. The second kappa shape index (κ2) is 31.3. The van der Waals surface area contributed by atoms with Crippen LogP contribution in [0.1, 0.15) is 255 Å². The molecule has 2 aromatic carbocycles. The summed E-state index contributed by atoms with van der Waals surface area (Å²) in [6.45, 7) is 9.21. The summed E-state index contributed by atoms with van der Waals surface area (Å²) in [4.78, 5) is 50.1. The molecule has 7 heterocycles. The highest BCUT2D eigenvalue weighted by molar-refractivity contribution is 6.09. The Morgan fingerprint density at radius 3 is 1.11 bits per heavy atom. The Balaban J connectivity index is 1.23. The van der Waals surface area contributed by atoms with Crippen LogP contribution in [0.2, 0.25) is 0 Å². The molecule has 0 saturated carbocycles. The SMILES string of the molecule is CCCCCCCCCCc1ccc(CCCCCCCCCC)c2c1-c1nc-2nc2[nH]c(nc3nc(nc4[nH]c(n1)c1ccncc41)-c1ccncc1-3)c1c(CCCCCCCCCC)ccc(CCCCCCCCCC)c21. The van der Waals surface area contributed by atoms with E-state index in [9.17, 15) is 0 Å². The first kappa shape index (κ1) is 58.7. The molecule has 10 nitrogen and oxygen atoms in total. The number of aryl methyl sites for hydroxylation is 4. The van der Waals surface area contributed by atoms with Gasteiger partial charge in [0, 0.05) is 68.6 Å². The molecule has 0 aliphatic carbocycles. The van der Waals surface area contributed by atoms with Crippen molar-refractivity contribution in [1.29, 1.82) is 0 Å². The van der Waals surface area contributed by atoms with Crippen LogP contribution in [-0.4, -0.2) is 49.8 Å². The fraction of sp³-hybridized carbons (Fsp3) is 0.571. The number of nitrogens with one attached hydrogen (secondary N) is 2. The third-order valence-corrected chi connectivity index (χ3v) is 17.3. The number of aromatic amines is 2. The summed E-state index contributed by atoms with van der Waals surface area (Å²) in [5, 5.41) is 4.15. The van der Waals surface area contributed by atoms with E-state index in [0.29, 0.717) is 28.8 Å². The second-order valence-corrected chi connectivity index (χ2v) is 23.6. The number of pyridine rings is 2. The summed E-state index contributed by atoms with van der Waals surface area (Å²) >= 11 is 0. The lowest BCUT2D eigenvalue weighted by Gasteiger charge is -2.13. The van der Waals surface area contributed by atoms with Crippen LogP contribution in [0, 0.1) is 0 Å². The summed E-state index contributed by atoms with van der Waals surface area (Å²) in [6, 6.07) is 13.7. The first-order valence-corrected chi connectivity index (χ1v) is 32.6. The number of nitrogens with zero attached hydrogens (tertiary/aromatic N) is 8. The van der Waals surface area contributed by atoms with Gasteiger partial charge in [0.05, 0.1) is 0 Å². The molecule has 8 bridgehead atoms. The summed E-state index contributed by atoms with van der Waals surface area (Å²) < 4.78 is 0. The molecule has 0 spiro atoms. The van der Waals surface area contributed by atoms with Crippen molar-refractivity contribution >= 4 is 44.1 Å². The molecule has 2 N–H and O–H groups in total. The number of aromatic nitrogens is 10. The molecular formula is C70H96N10. The predicted octanol–water partition coefficient (Wildman–Crippen LogP) is 20.4. The van der Waals surface area contributed by atoms with E-state index in [0.717, 1.165) is 107 Å². The van der Waals surface area contributed by atoms with E-state index in [1.165, 1.54) is 207 Å². The first-order valence-electron chi connectivity index (χ1n) is 32.6. The van der Waals surface area contributed by atoms with E-state index in [4.69, 9.17) is 29.9 Å². The Morgan fingerprint density at radius 2 is 0.625 bits per heavy atom. The van der Waals surface area contributed by atoms with Gasteiger partial charge in [-0.05, 0) is 85.8 Å². The molecule has 0 amide bonds. The molecule has 2 aliphatic rings. The fourth-order valence-corrected chi connectivity index (χ4v) is 12.6. The fourth-order valence-electron chi connectivity index (χ4n) is 12.6.